The van der Waals surface area contributed by atoms with Gasteiger partial charge in [-0.15, -0.1) is 0 Å². The van der Waals surface area contributed by atoms with Crippen LogP contribution in [0.2, 0.25) is 0 Å². The van der Waals surface area contributed by atoms with Crippen LogP contribution in [0, 0.1) is 0 Å². The lowest BCUT2D eigenvalue weighted by molar-refractivity contribution is 0.535. The molecular weight excluding hydrogens is 176 g/mol. The lowest BCUT2D eigenvalue weighted by Crippen LogP contribution is -1.97. The number of nitrogens with one attached hydrogen (secondary N) is 1. The third-order valence-corrected chi connectivity index (χ3v) is 1.91. The molecule has 1 atom stereocenters. The predicted octanol–water partition coefficient (Wildman–Crippen LogP) is 0.502. The van der Waals surface area contributed by atoms with Crippen molar-refractivity contribution in [3.63, 3.8) is 0 Å². The molecule has 0 saturated carbocycles. The highest BCUT2D eigenvalue weighted by molar-refractivity contribution is 7.78. The molecule has 5 heteroatoms. The lowest BCUT2D eigenvalue weighted by Gasteiger charge is -2.04. The van der Waals surface area contributed by atoms with Crippen molar-refractivity contribution in [3.05, 3.63) is 24.0 Å². The maximum Gasteiger partial charge on any atom is 0.0526 e. The minimum atomic E-state index is -2.06. The molecule has 0 aromatic carbocycles. The van der Waals surface area contributed by atoms with Gasteiger partial charge >= 0.3 is 0 Å². The van der Waals surface area contributed by atoms with Gasteiger partial charge in [0.2, 0.25) is 0 Å². The second-order valence-electron chi connectivity index (χ2n) is 2.24. The van der Waals surface area contributed by atoms with E-state index in [0.717, 1.165) is 5.69 Å². The monoisotopic (exact) mass is 185 g/mol. The van der Waals surface area contributed by atoms with Crippen molar-refractivity contribution in [1.29, 1.82) is 0 Å². The Balaban J connectivity index is 2.71. The van der Waals surface area contributed by atoms with Crippen molar-refractivity contribution in [2.24, 2.45) is 0 Å². The summed E-state index contributed by atoms with van der Waals surface area (Å²) in [6.07, 6.45) is 1.60. The Labute approximate surface area is 73.3 Å². The zero-order valence-corrected chi connectivity index (χ0v) is 7.43. The Morgan fingerprint density at radius 2 is 2.42 bits per heavy atom. The molecule has 1 aromatic heterocycles. The molecule has 0 aliphatic rings. The van der Waals surface area contributed by atoms with E-state index in [9.17, 15) is 8.76 Å². The fourth-order valence-electron chi connectivity index (χ4n) is 0.779. The number of anilines is 1. The Bertz CT molecular complexity index is 273. The summed E-state index contributed by atoms with van der Waals surface area (Å²) in [6, 6.07) is 3.47. The molecule has 1 N–H and O–H groups in total. The minimum Gasteiger partial charge on any atom is -0.772 e. The summed E-state index contributed by atoms with van der Waals surface area (Å²) in [7, 11) is 1.78. The molecule has 1 unspecified atom stereocenters. The third kappa shape index (κ3) is 2.60. The van der Waals surface area contributed by atoms with Crippen LogP contribution >= 0.6 is 0 Å². The number of nitrogens with zero attached hydrogens (tertiary/aromatic N) is 1. The van der Waals surface area contributed by atoms with Crippen molar-refractivity contribution in [2.75, 3.05) is 12.4 Å². The number of hydrogen-bond acceptors (Lipinski definition) is 4. The van der Waals surface area contributed by atoms with Gasteiger partial charge < -0.3 is 9.87 Å². The molecule has 0 saturated heterocycles. The van der Waals surface area contributed by atoms with Crippen LogP contribution in [-0.2, 0) is 16.8 Å². The maximum atomic E-state index is 10.3. The summed E-state index contributed by atoms with van der Waals surface area (Å²) in [5.41, 5.74) is 1.43. The van der Waals surface area contributed by atoms with Gasteiger partial charge in [0.1, 0.15) is 0 Å². The van der Waals surface area contributed by atoms with E-state index in [-0.39, 0.29) is 5.75 Å². The average Bonchev–Trinajstić information content (AvgIpc) is 2.05. The maximum absolute atomic E-state index is 10.3. The minimum absolute atomic E-state index is 0.0238. The zero-order chi connectivity index (χ0) is 8.97. The van der Waals surface area contributed by atoms with Crippen molar-refractivity contribution < 1.29 is 8.76 Å². The number of hydrogen-bond donors (Lipinski definition) is 1. The van der Waals surface area contributed by atoms with Crippen LogP contribution in [0.15, 0.2) is 18.3 Å². The highest BCUT2D eigenvalue weighted by Gasteiger charge is 1.93. The normalized spacial score (nSPS) is 12.5. The van der Waals surface area contributed by atoms with Gasteiger partial charge in [-0.25, -0.2) is 0 Å². The molecule has 0 spiro atoms. The molecule has 0 bridgehead atoms. The molecule has 0 amide bonds. The molecule has 66 valence electrons. The van der Waals surface area contributed by atoms with Gasteiger partial charge in [0.25, 0.3) is 0 Å². The van der Waals surface area contributed by atoms with Gasteiger partial charge in [-0.3, -0.25) is 9.19 Å². The molecule has 1 rings (SSSR count). The quantitative estimate of drug-likeness (QED) is 0.696. The summed E-state index contributed by atoms with van der Waals surface area (Å²) in [5.74, 6) is -0.0238. The van der Waals surface area contributed by atoms with Gasteiger partial charge in [-0.1, -0.05) is 0 Å². The highest BCUT2D eigenvalue weighted by atomic mass is 32.2. The van der Waals surface area contributed by atoms with Crippen molar-refractivity contribution in [1.82, 2.24) is 4.98 Å². The molecule has 1 aromatic rings. The molecule has 1 heterocycles. The largest absolute Gasteiger partial charge is 0.772 e. The van der Waals surface area contributed by atoms with Crippen LogP contribution in [0.25, 0.3) is 0 Å². The van der Waals surface area contributed by atoms with Crippen LogP contribution < -0.4 is 5.32 Å². The van der Waals surface area contributed by atoms with E-state index in [2.05, 4.69) is 10.3 Å². The van der Waals surface area contributed by atoms with Gasteiger partial charge in [-0.2, -0.15) is 0 Å². The first-order valence-corrected chi connectivity index (χ1v) is 4.65. The molecule has 0 aliphatic carbocycles. The van der Waals surface area contributed by atoms with Gasteiger partial charge in [0.05, 0.1) is 23.3 Å². The molecular formula is C7H9N2O2S-. The van der Waals surface area contributed by atoms with Crippen LogP contribution in [0.3, 0.4) is 0 Å². The van der Waals surface area contributed by atoms with E-state index in [0.29, 0.717) is 5.69 Å². The van der Waals surface area contributed by atoms with E-state index >= 15 is 0 Å². The van der Waals surface area contributed by atoms with Crippen LogP contribution in [0.5, 0.6) is 0 Å². The number of pyridine rings is 1. The average molecular weight is 185 g/mol. The summed E-state index contributed by atoms with van der Waals surface area (Å²) >= 11 is -2.06. The van der Waals surface area contributed by atoms with E-state index in [4.69, 9.17) is 0 Å². The van der Waals surface area contributed by atoms with Crippen molar-refractivity contribution >= 4 is 16.8 Å². The van der Waals surface area contributed by atoms with Crippen LogP contribution in [0.1, 0.15) is 5.69 Å². The summed E-state index contributed by atoms with van der Waals surface area (Å²) in [4.78, 5) is 3.93. The van der Waals surface area contributed by atoms with Crippen molar-refractivity contribution in [2.45, 2.75) is 5.75 Å². The molecule has 0 aliphatic heterocycles. The van der Waals surface area contributed by atoms with E-state index < -0.39 is 11.1 Å². The fraction of sp³-hybridized carbons (Fsp3) is 0.286. The summed E-state index contributed by atoms with van der Waals surface area (Å²) in [6.45, 7) is 0. The summed E-state index contributed by atoms with van der Waals surface area (Å²) in [5, 5.41) is 2.89. The first kappa shape index (κ1) is 9.15. The second kappa shape index (κ2) is 4.18. The smallest absolute Gasteiger partial charge is 0.0526 e. The second-order valence-corrected chi connectivity index (χ2v) is 3.13. The molecule has 12 heavy (non-hydrogen) atoms. The molecule has 0 fully saturated rings. The standard InChI is InChI=1S/C7H10N2O2S/c1-8-6-2-3-7(9-4-6)5-12(10)11/h2-4,8H,5H2,1H3,(H,10,11)/p-1. The topological polar surface area (TPSA) is 65.0 Å². The van der Waals surface area contributed by atoms with Crippen LogP contribution in [-0.4, -0.2) is 20.8 Å². The summed E-state index contributed by atoms with van der Waals surface area (Å²) < 4.78 is 20.5. The van der Waals surface area contributed by atoms with E-state index in [1.807, 2.05) is 0 Å². The number of aromatic nitrogens is 1. The van der Waals surface area contributed by atoms with Gasteiger partial charge in [0.15, 0.2) is 0 Å². The van der Waals surface area contributed by atoms with Gasteiger partial charge in [0, 0.05) is 7.05 Å². The zero-order valence-electron chi connectivity index (χ0n) is 6.61. The molecule has 0 radical (unpaired) electrons. The fourth-order valence-corrected chi connectivity index (χ4v) is 1.19. The Kier molecular flexibility index (Phi) is 3.19. The Hall–Kier alpha value is -0.940. The van der Waals surface area contributed by atoms with Crippen molar-refractivity contribution in [3.8, 4) is 0 Å². The highest BCUT2D eigenvalue weighted by Crippen LogP contribution is 2.05. The first-order chi connectivity index (χ1) is 5.72. The lowest BCUT2D eigenvalue weighted by atomic mass is 10.3. The Morgan fingerprint density at radius 3 is 2.83 bits per heavy atom. The van der Waals surface area contributed by atoms with Gasteiger partial charge in [-0.05, 0) is 23.2 Å². The third-order valence-electron chi connectivity index (χ3n) is 1.38. The predicted molar refractivity (Wildman–Crippen MR) is 46.4 cm³/mol. The first-order valence-electron chi connectivity index (χ1n) is 3.41. The Morgan fingerprint density at radius 1 is 1.67 bits per heavy atom. The van der Waals surface area contributed by atoms with E-state index in [1.165, 1.54) is 0 Å². The van der Waals surface area contributed by atoms with Crippen LogP contribution in [0.4, 0.5) is 5.69 Å². The van der Waals surface area contributed by atoms with E-state index in [1.54, 1.807) is 25.4 Å². The molecule has 4 nitrogen and oxygen atoms in total. The SMILES string of the molecule is CNc1ccc(CS(=O)[O-])nc1. The number of rotatable bonds is 3.